The highest BCUT2D eigenvalue weighted by Crippen LogP contribution is 2.25. The second-order valence-electron chi connectivity index (χ2n) is 6.67. The lowest BCUT2D eigenvalue weighted by Crippen LogP contribution is -2.27. The van der Waals surface area contributed by atoms with E-state index in [1.165, 1.54) is 28.6 Å². The number of benzene rings is 1. The maximum absolute atomic E-state index is 5.66. The maximum Gasteiger partial charge on any atom is 0.0377 e. The Labute approximate surface area is 139 Å². The Kier molecular flexibility index (Phi) is 8.35. The number of hydrogen-bond acceptors (Lipinski definition) is 2. The molecule has 0 spiro atoms. The second kappa shape index (κ2) is 9.47. The highest BCUT2D eigenvalue weighted by Gasteiger charge is 2.10. The van der Waals surface area contributed by atoms with E-state index >= 15 is 0 Å². The van der Waals surface area contributed by atoms with Crippen LogP contribution in [0.25, 0.3) is 0 Å². The smallest absolute Gasteiger partial charge is 0.0377 e. The van der Waals surface area contributed by atoms with Gasteiger partial charge in [0.2, 0.25) is 0 Å². The first kappa shape index (κ1) is 18.5. The molecule has 0 amide bonds. The average Bonchev–Trinajstić information content (AvgIpc) is 2.41. The summed E-state index contributed by atoms with van der Waals surface area (Å²) in [6.07, 6.45) is 3.40. The Morgan fingerprint density at radius 1 is 1.05 bits per heavy atom. The molecule has 0 aliphatic carbocycles. The van der Waals surface area contributed by atoms with Crippen molar-refractivity contribution in [2.45, 2.75) is 47.0 Å². The first-order valence-corrected chi connectivity index (χ1v) is 8.96. The molecule has 0 atom stereocenters. The van der Waals surface area contributed by atoms with Crippen LogP contribution < -0.4 is 10.6 Å². The number of nitrogens with zero attached hydrogens (tertiary/aromatic N) is 1. The van der Waals surface area contributed by atoms with Crippen molar-refractivity contribution >= 4 is 21.6 Å². The zero-order valence-corrected chi connectivity index (χ0v) is 15.6. The molecule has 1 aromatic carbocycles. The van der Waals surface area contributed by atoms with Crippen molar-refractivity contribution in [3.05, 3.63) is 28.2 Å². The van der Waals surface area contributed by atoms with E-state index in [1.54, 1.807) is 0 Å². The topological polar surface area (TPSA) is 29.3 Å². The summed E-state index contributed by atoms with van der Waals surface area (Å²) < 4.78 is 1.18. The van der Waals surface area contributed by atoms with Gasteiger partial charge >= 0.3 is 0 Å². The van der Waals surface area contributed by atoms with Gasteiger partial charge in [0.1, 0.15) is 0 Å². The van der Waals surface area contributed by atoms with Crippen LogP contribution in [0, 0.1) is 11.8 Å². The van der Waals surface area contributed by atoms with Crippen LogP contribution in [0.15, 0.2) is 22.7 Å². The second-order valence-corrected chi connectivity index (χ2v) is 7.52. The van der Waals surface area contributed by atoms with Crippen molar-refractivity contribution < 1.29 is 0 Å². The summed E-state index contributed by atoms with van der Waals surface area (Å²) in [6, 6.07) is 6.71. The third-order valence-corrected chi connectivity index (χ3v) is 4.51. The first-order chi connectivity index (χ1) is 9.93. The minimum atomic E-state index is 0.697. The molecular weight excluding hydrogens is 324 g/mol. The average molecular weight is 355 g/mol. The summed E-state index contributed by atoms with van der Waals surface area (Å²) in [6.45, 7) is 12.1. The van der Waals surface area contributed by atoms with E-state index in [0.29, 0.717) is 6.54 Å². The summed E-state index contributed by atoms with van der Waals surface area (Å²) in [5.41, 5.74) is 8.28. The van der Waals surface area contributed by atoms with E-state index < -0.39 is 0 Å². The van der Waals surface area contributed by atoms with Gasteiger partial charge in [-0.1, -0.05) is 49.7 Å². The quantitative estimate of drug-likeness (QED) is 0.686. The molecule has 3 heteroatoms. The molecule has 0 heterocycles. The summed E-state index contributed by atoms with van der Waals surface area (Å²) in [7, 11) is 0. The standard InChI is InChI=1S/C18H31BrN2/c1-14(2)8-11-21(12-9-15(3)4)17-6-5-16(7-10-20)18(19)13-17/h5-6,13-15H,7-12,20H2,1-4H3. The molecule has 1 aromatic rings. The van der Waals surface area contributed by atoms with Crippen LogP contribution in [-0.2, 0) is 6.42 Å². The third-order valence-electron chi connectivity index (χ3n) is 3.77. The zero-order chi connectivity index (χ0) is 15.8. The van der Waals surface area contributed by atoms with Crippen LogP contribution in [0.3, 0.4) is 0 Å². The van der Waals surface area contributed by atoms with E-state index in [2.05, 4.69) is 66.7 Å². The Balaban J connectivity index is 2.82. The number of halogens is 1. The highest BCUT2D eigenvalue weighted by atomic mass is 79.9. The van der Waals surface area contributed by atoms with E-state index in [4.69, 9.17) is 5.73 Å². The fourth-order valence-corrected chi connectivity index (χ4v) is 2.85. The summed E-state index contributed by atoms with van der Waals surface area (Å²) in [5, 5.41) is 0. The molecule has 2 nitrogen and oxygen atoms in total. The number of nitrogens with two attached hydrogens (primary N) is 1. The predicted octanol–water partition coefficient (Wildman–Crippen LogP) is 4.85. The van der Waals surface area contributed by atoms with Crippen LogP contribution in [0.2, 0.25) is 0 Å². The lowest BCUT2D eigenvalue weighted by atomic mass is 10.1. The Bertz CT molecular complexity index is 404. The molecule has 0 aliphatic rings. The Morgan fingerprint density at radius 3 is 2.05 bits per heavy atom. The van der Waals surface area contributed by atoms with Gasteiger partial charge in [-0.3, -0.25) is 0 Å². The molecular formula is C18H31BrN2. The molecule has 0 saturated heterocycles. The van der Waals surface area contributed by atoms with E-state index in [0.717, 1.165) is 31.3 Å². The first-order valence-electron chi connectivity index (χ1n) is 8.17. The normalized spacial score (nSPS) is 11.4. The SMILES string of the molecule is CC(C)CCN(CCC(C)C)c1ccc(CCN)c(Br)c1. The van der Waals surface area contributed by atoms with Crippen molar-refractivity contribution in [2.75, 3.05) is 24.5 Å². The lowest BCUT2D eigenvalue weighted by molar-refractivity contribution is 0.535. The zero-order valence-electron chi connectivity index (χ0n) is 14.0. The molecule has 21 heavy (non-hydrogen) atoms. The van der Waals surface area contributed by atoms with Crippen molar-refractivity contribution in [1.29, 1.82) is 0 Å². The van der Waals surface area contributed by atoms with Crippen LogP contribution >= 0.6 is 15.9 Å². The van der Waals surface area contributed by atoms with Gasteiger partial charge in [-0.2, -0.15) is 0 Å². The third kappa shape index (κ3) is 6.84. The lowest BCUT2D eigenvalue weighted by Gasteiger charge is -2.27. The highest BCUT2D eigenvalue weighted by molar-refractivity contribution is 9.10. The minimum Gasteiger partial charge on any atom is -0.371 e. The Hall–Kier alpha value is -0.540. The van der Waals surface area contributed by atoms with Gasteiger partial charge in [-0.25, -0.2) is 0 Å². The van der Waals surface area contributed by atoms with Crippen molar-refractivity contribution in [3.63, 3.8) is 0 Å². The maximum atomic E-state index is 5.66. The van der Waals surface area contributed by atoms with Crippen molar-refractivity contribution in [3.8, 4) is 0 Å². The van der Waals surface area contributed by atoms with E-state index in [1.807, 2.05) is 0 Å². The fraction of sp³-hybridized carbons (Fsp3) is 0.667. The van der Waals surface area contributed by atoms with Crippen molar-refractivity contribution in [1.82, 2.24) is 0 Å². The monoisotopic (exact) mass is 354 g/mol. The number of anilines is 1. The molecule has 0 radical (unpaired) electrons. The van der Waals surface area contributed by atoms with Gasteiger partial charge in [-0.15, -0.1) is 0 Å². The van der Waals surface area contributed by atoms with Crippen molar-refractivity contribution in [2.24, 2.45) is 17.6 Å². The van der Waals surface area contributed by atoms with Gasteiger partial charge < -0.3 is 10.6 Å². The van der Waals surface area contributed by atoms with Gasteiger partial charge in [0.25, 0.3) is 0 Å². The number of hydrogen-bond donors (Lipinski definition) is 1. The van der Waals surface area contributed by atoms with Crippen LogP contribution in [-0.4, -0.2) is 19.6 Å². The summed E-state index contributed by atoms with van der Waals surface area (Å²) >= 11 is 3.69. The van der Waals surface area contributed by atoms with Gasteiger partial charge in [0.05, 0.1) is 0 Å². The fourth-order valence-electron chi connectivity index (χ4n) is 2.29. The molecule has 120 valence electrons. The minimum absolute atomic E-state index is 0.697. The molecule has 0 aromatic heterocycles. The number of rotatable bonds is 9. The molecule has 0 fully saturated rings. The summed E-state index contributed by atoms with van der Waals surface area (Å²) in [5.74, 6) is 1.48. The van der Waals surface area contributed by atoms with Gasteiger partial charge in [0, 0.05) is 23.2 Å². The van der Waals surface area contributed by atoms with Gasteiger partial charge in [0.15, 0.2) is 0 Å². The molecule has 0 bridgehead atoms. The molecule has 0 aliphatic heterocycles. The predicted molar refractivity (Wildman–Crippen MR) is 98.0 cm³/mol. The Morgan fingerprint density at radius 2 is 1.62 bits per heavy atom. The molecule has 0 saturated carbocycles. The molecule has 2 N–H and O–H groups in total. The van der Waals surface area contributed by atoms with Crippen LogP contribution in [0.1, 0.15) is 46.1 Å². The van der Waals surface area contributed by atoms with E-state index in [-0.39, 0.29) is 0 Å². The van der Waals surface area contributed by atoms with Gasteiger partial charge in [-0.05, 0) is 55.3 Å². The molecule has 0 unspecified atom stereocenters. The summed E-state index contributed by atoms with van der Waals surface area (Å²) in [4.78, 5) is 2.52. The molecule has 1 rings (SSSR count). The van der Waals surface area contributed by atoms with Crippen LogP contribution in [0.5, 0.6) is 0 Å². The largest absolute Gasteiger partial charge is 0.371 e. The van der Waals surface area contributed by atoms with Crippen LogP contribution in [0.4, 0.5) is 5.69 Å². The van der Waals surface area contributed by atoms with E-state index in [9.17, 15) is 0 Å².